The standard InChI is InChI=1S/C22H30N2O5/c1-16(25)6-7-17-8-10-19(11-9-17)29-15-18(26)14-24-20(27)22(23(2)21(24)28)12-4-3-5-13-22/h8-11,18,26H,3-7,12-15H2,1-2H3. The van der Waals surface area contributed by atoms with Gasteiger partial charge in [-0.05, 0) is 43.9 Å². The van der Waals surface area contributed by atoms with Crippen molar-refractivity contribution in [3.8, 4) is 5.75 Å². The van der Waals surface area contributed by atoms with Crippen LogP contribution in [0, 0.1) is 0 Å². The number of ketones is 1. The third kappa shape index (κ3) is 4.61. The van der Waals surface area contributed by atoms with Crippen LogP contribution in [0.3, 0.4) is 0 Å². The van der Waals surface area contributed by atoms with E-state index in [-0.39, 0.29) is 30.9 Å². The molecule has 3 amide bonds. The number of carbonyl (C=O) groups is 3. The van der Waals surface area contributed by atoms with Gasteiger partial charge < -0.3 is 19.5 Å². The molecule has 3 rings (SSSR count). The highest BCUT2D eigenvalue weighted by molar-refractivity contribution is 6.07. The molecule has 1 aromatic carbocycles. The maximum Gasteiger partial charge on any atom is 0.327 e. The second kappa shape index (κ2) is 8.95. The molecule has 0 radical (unpaired) electrons. The molecule has 1 spiro atoms. The van der Waals surface area contributed by atoms with Gasteiger partial charge in [-0.3, -0.25) is 9.69 Å². The van der Waals surface area contributed by atoms with Crippen molar-refractivity contribution in [1.82, 2.24) is 9.80 Å². The van der Waals surface area contributed by atoms with E-state index >= 15 is 0 Å². The lowest BCUT2D eigenvalue weighted by atomic mass is 9.81. The van der Waals surface area contributed by atoms with Crippen molar-refractivity contribution in [2.24, 2.45) is 0 Å². The van der Waals surface area contributed by atoms with Crippen LogP contribution >= 0.6 is 0 Å². The molecule has 7 heteroatoms. The molecule has 1 atom stereocenters. The number of urea groups is 1. The van der Waals surface area contributed by atoms with E-state index in [1.165, 1.54) is 4.90 Å². The average Bonchev–Trinajstić information content (AvgIpc) is 2.88. The van der Waals surface area contributed by atoms with E-state index in [2.05, 4.69) is 0 Å². The van der Waals surface area contributed by atoms with Crippen molar-refractivity contribution in [1.29, 1.82) is 0 Å². The fourth-order valence-corrected chi connectivity index (χ4v) is 4.22. The lowest BCUT2D eigenvalue weighted by Gasteiger charge is -2.35. The zero-order valence-electron chi connectivity index (χ0n) is 17.2. The Balaban J connectivity index is 1.53. The maximum absolute atomic E-state index is 12.9. The first-order valence-electron chi connectivity index (χ1n) is 10.3. The van der Waals surface area contributed by atoms with E-state index in [1.807, 2.05) is 12.1 Å². The molecule has 158 valence electrons. The van der Waals surface area contributed by atoms with Crippen molar-refractivity contribution in [2.75, 3.05) is 20.2 Å². The summed E-state index contributed by atoms with van der Waals surface area (Å²) in [6.45, 7) is 1.49. The van der Waals surface area contributed by atoms with Crippen LogP contribution in [0.5, 0.6) is 5.75 Å². The van der Waals surface area contributed by atoms with Gasteiger partial charge in [-0.25, -0.2) is 4.79 Å². The van der Waals surface area contributed by atoms with Crippen LogP contribution in [0.1, 0.15) is 51.0 Å². The summed E-state index contributed by atoms with van der Waals surface area (Å²) >= 11 is 0. The molecule has 1 aliphatic heterocycles. The van der Waals surface area contributed by atoms with Gasteiger partial charge in [-0.15, -0.1) is 0 Å². The minimum atomic E-state index is -0.965. The number of β-amino-alcohol motifs (C(OH)–C–C–N with tert-alkyl or cyclic N) is 1. The number of ether oxygens (including phenoxy) is 1. The molecular formula is C22H30N2O5. The first-order valence-corrected chi connectivity index (χ1v) is 10.3. The fourth-order valence-electron chi connectivity index (χ4n) is 4.22. The summed E-state index contributed by atoms with van der Waals surface area (Å²) < 4.78 is 5.61. The molecule has 29 heavy (non-hydrogen) atoms. The van der Waals surface area contributed by atoms with Crippen LogP contribution in [-0.2, 0) is 16.0 Å². The molecule has 1 saturated heterocycles. The number of aryl methyl sites for hydroxylation is 1. The number of benzene rings is 1. The largest absolute Gasteiger partial charge is 0.491 e. The lowest BCUT2D eigenvalue weighted by molar-refractivity contribution is -0.135. The predicted molar refractivity (Wildman–Crippen MR) is 108 cm³/mol. The molecule has 0 aromatic heterocycles. The molecule has 1 saturated carbocycles. The van der Waals surface area contributed by atoms with Crippen LogP contribution in [-0.4, -0.2) is 64.5 Å². The summed E-state index contributed by atoms with van der Waals surface area (Å²) in [5.41, 5.74) is 0.313. The van der Waals surface area contributed by atoms with Gasteiger partial charge in [0.25, 0.3) is 5.91 Å². The molecule has 1 unspecified atom stereocenters. The Labute approximate surface area is 171 Å². The van der Waals surface area contributed by atoms with Gasteiger partial charge >= 0.3 is 6.03 Å². The monoisotopic (exact) mass is 402 g/mol. The average molecular weight is 402 g/mol. The number of aliphatic hydroxyl groups excluding tert-OH is 1. The van der Waals surface area contributed by atoms with E-state index in [0.717, 1.165) is 24.8 Å². The summed E-state index contributed by atoms with van der Waals surface area (Å²) in [6, 6.07) is 7.02. The van der Waals surface area contributed by atoms with Crippen molar-refractivity contribution < 1.29 is 24.2 Å². The van der Waals surface area contributed by atoms with Crippen LogP contribution < -0.4 is 4.74 Å². The van der Waals surface area contributed by atoms with Crippen molar-refractivity contribution in [3.05, 3.63) is 29.8 Å². The van der Waals surface area contributed by atoms with Crippen LogP contribution in [0.4, 0.5) is 4.79 Å². The zero-order chi connectivity index (χ0) is 21.0. The van der Waals surface area contributed by atoms with E-state index in [0.29, 0.717) is 31.4 Å². The molecule has 7 nitrogen and oxygen atoms in total. The van der Waals surface area contributed by atoms with Gasteiger partial charge in [0.1, 0.15) is 29.8 Å². The molecule has 0 bridgehead atoms. The first-order chi connectivity index (χ1) is 13.8. The van der Waals surface area contributed by atoms with Crippen molar-refractivity contribution in [2.45, 2.75) is 63.5 Å². The third-order valence-electron chi connectivity index (χ3n) is 6.01. The minimum Gasteiger partial charge on any atom is -0.491 e. The number of aliphatic hydroxyl groups is 1. The van der Waals surface area contributed by atoms with E-state index in [1.54, 1.807) is 31.0 Å². The molecule has 2 fully saturated rings. The number of rotatable bonds is 8. The highest BCUT2D eigenvalue weighted by Crippen LogP contribution is 2.39. The summed E-state index contributed by atoms with van der Waals surface area (Å²) in [4.78, 5) is 39.3. The van der Waals surface area contributed by atoms with E-state index in [9.17, 15) is 19.5 Å². The van der Waals surface area contributed by atoms with Gasteiger partial charge in [0.2, 0.25) is 0 Å². The zero-order valence-corrected chi connectivity index (χ0v) is 17.2. The SMILES string of the molecule is CC(=O)CCc1ccc(OCC(O)CN2C(=O)N(C)C3(CCCCC3)C2=O)cc1. The first kappa shape index (κ1) is 21.3. The summed E-state index contributed by atoms with van der Waals surface area (Å²) in [6.07, 6.45) is 4.56. The molecule has 1 aromatic rings. The lowest BCUT2D eigenvalue weighted by Crippen LogP contribution is -2.49. The van der Waals surface area contributed by atoms with Crippen LogP contribution in [0.15, 0.2) is 24.3 Å². The van der Waals surface area contributed by atoms with E-state index < -0.39 is 11.6 Å². The summed E-state index contributed by atoms with van der Waals surface area (Å²) in [7, 11) is 1.68. The number of hydrogen-bond acceptors (Lipinski definition) is 5. The number of likely N-dealkylation sites (N-methyl/N-ethyl adjacent to an activating group) is 1. The smallest absolute Gasteiger partial charge is 0.327 e. The molecule has 1 aliphatic carbocycles. The molecule has 1 heterocycles. The third-order valence-corrected chi connectivity index (χ3v) is 6.01. The molecule has 2 aliphatic rings. The Bertz CT molecular complexity index is 755. The highest BCUT2D eigenvalue weighted by Gasteiger charge is 2.55. The van der Waals surface area contributed by atoms with E-state index in [4.69, 9.17) is 4.74 Å². The van der Waals surface area contributed by atoms with Crippen molar-refractivity contribution in [3.63, 3.8) is 0 Å². The number of hydrogen-bond donors (Lipinski definition) is 1. The quantitative estimate of drug-likeness (QED) is 0.675. The number of nitrogens with zero attached hydrogens (tertiary/aromatic N) is 2. The van der Waals surface area contributed by atoms with Gasteiger partial charge in [-0.2, -0.15) is 0 Å². The Morgan fingerprint density at radius 2 is 1.83 bits per heavy atom. The van der Waals surface area contributed by atoms with Gasteiger partial charge in [0.15, 0.2) is 0 Å². The van der Waals surface area contributed by atoms with Gasteiger partial charge in [0, 0.05) is 13.5 Å². The molecule has 1 N–H and O–H groups in total. The summed E-state index contributed by atoms with van der Waals surface area (Å²) in [5.74, 6) is 0.550. The Morgan fingerprint density at radius 3 is 2.45 bits per heavy atom. The normalized spacial score (nSPS) is 19.7. The number of Topliss-reactive ketones (excluding diaryl/α,β-unsaturated/α-hetero) is 1. The highest BCUT2D eigenvalue weighted by atomic mass is 16.5. The van der Waals surface area contributed by atoms with Gasteiger partial charge in [-0.1, -0.05) is 31.4 Å². The second-order valence-electron chi connectivity index (χ2n) is 8.16. The summed E-state index contributed by atoms with van der Waals surface area (Å²) in [5, 5.41) is 10.4. The maximum atomic E-state index is 12.9. The number of amides is 3. The minimum absolute atomic E-state index is 0.0133. The Hall–Kier alpha value is -2.41. The van der Waals surface area contributed by atoms with Gasteiger partial charge in [0.05, 0.1) is 6.54 Å². The Kier molecular flexibility index (Phi) is 6.57. The fraction of sp³-hybridized carbons (Fsp3) is 0.591. The number of imide groups is 1. The number of carbonyl (C=O) groups excluding carboxylic acids is 3. The topological polar surface area (TPSA) is 87.2 Å². The van der Waals surface area contributed by atoms with Crippen molar-refractivity contribution >= 4 is 17.7 Å². The molecular weight excluding hydrogens is 372 g/mol. The van der Waals surface area contributed by atoms with Crippen LogP contribution in [0.2, 0.25) is 0 Å². The second-order valence-corrected chi connectivity index (χ2v) is 8.16. The Morgan fingerprint density at radius 1 is 1.17 bits per heavy atom. The van der Waals surface area contributed by atoms with Crippen LogP contribution in [0.25, 0.3) is 0 Å². The predicted octanol–water partition coefficient (Wildman–Crippen LogP) is 2.54.